The van der Waals surface area contributed by atoms with E-state index in [1.54, 1.807) is 6.92 Å². The molecule has 180 valence electrons. The molecule has 3 N–H and O–H groups in total. The van der Waals surface area contributed by atoms with Gasteiger partial charge in [0.1, 0.15) is 15.8 Å². The number of aromatic nitrogens is 2. The number of allylic oxidation sites excluding steroid dienone is 4. The molecular weight excluding hydrogens is 451 g/mol. The Morgan fingerprint density at radius 3 is 2.70 bits per heavy atom. The van der Waals surface area contributed by atoms with Crippen LogP contribution in [0, 0.1) is 5.92 Å². The Morgan fingerprint density at radius 1 is 1.27 bits per heavy atom. The van der Waals surface area contributed by atoms with Gasteiger partial charge in [0.25, 0.3) is 0 Å². The van der Waals surface area contributed by atoms with Gasteiger partial charge in [-0.15, -0.1) is 10.2 Å². The van der Waals surface area contributed by atoms with Crippen LogP contribution in [0.2, 0.25) is 0 Å². The van der Waals surface area contributed by atoms with Crippen LogP contribution in [0.5, 0.6) is 5.75 Å². The number of unbranched alkanes of at least 4 members (excludes halogenated alkanes) is 1. The minimum absolute atomic E-state index is 0.195. The summed E-state index contributed by atoms with van der Waals surface area (Å²) in [5, 5.41) is 17.9. The topological polar surface area (TPSA) is 81.3 Å². The van der Waals surface area contributed by atoms with Gasteiger partial charge in [-0.3, -0.25) is 0 Å². The van der Waals surface area contributed by atoms with E-state index < -0.39 is 17.3 Å². The van der Waals surface area contributed by atoms with Crippen LogP contribution in [0.25, 0.3) is 10.6 Å². The van der Waals surface area contributed by atoms with Crippen LogP contribution in [0.1, 0.15) is 56.5 Å². The van der Waals surface area contributed by atoms with E-state index in [-0.39, 0.29) is 30.4 Å². The van der Waals surface area contributed by atoms with E-state index in [0.29, 0.717) is 16.4 Å². The monoisotopic (exact) mass is 481 g/mol. The number of nitrogens with two attached hydrogens (primary N) is 1. The third kappa shape index (κ3) is 6.65. The van der Waals surface area contributed by atoms with Crippen molar-refractivity contribution in [1.29, 1.82) is 0 Å². The SMILES string of the molecule is CCCCC1=CCC(CCOc2ccc(-c3nnc([C@@](C)(N)CO)s3)cc2C(F)(F)F)C=C1. The normalized spacial score (nSPS) is 18.2. The number of hydrogen-bond acceptors (Lipinski definition) is 6. The lowest BCUT2D eigenvalue weighted by molar-refractivity contribution is -0.138. The van der Waals surface area contributed by atoms with Crippen molar-refractivity contribution in [2.75, 3.05) is 13.2 Å². The van der Waals surface area contributed by atoms with Gasteiger partial charge in [-0.25, -0.2) is 0 Å². The third-order valence-corrected chi connectivity index (χ3v) is 6.86. The first-order chi connectivity index (χ1) is 15.6. The van der Waals surface area contributed by atoms with Gasteiger partial charge in [0, 0.05) is 5.56 Å². The van der Waals surface area contributed by atoms with Crippen molar-refractivity contribution in [2.45, 2.75) is 57.7 Å². The highest BCUT2D eigenvalue weighted by Crippen LogP contribution is 2.40. The zero-order valence-electron chi connectivity index (χ0n) is 18.9. The van der Waals surface area contributed by atoms with Crippen molar-refractivity contribution in [1.82, 2.24) is 10.2 Å². The smallest absolute Gasteiger partial charge is 0.419 e. The fourth-order valence-electron chi connectivity index (χ4n) is 3.46. The zero-order chi connectivity index (χ0) is 24.1. The number of halogens is 3. The molecule has 0 radical (unpaired) electrons. The fraction of sp³-hybridized carbons (Fsp3) is 0.500. The molecule has 5 nitrogen and oxygen atoms in total. The molecule has 9 heteroatoms. The average molecular weight is 482 g/mol. The molecule has 3 rings (SSSR count). The largest absolute Gasteiger partial charge is 0.493 e. The fourth-order valence-corrected chi connectivity index (χ4v) is 4.35. The first kappa shape index (κ1) is 25.4. The average Bonchev–Trinajstić information content (AvgIpc) is 3.29. The third-order valence-electron chi connectivity index (χ3n) is 5.60. The Balaban J connectivity index is 1.67. The first-order valence-corrected chi connectivity index (χ1v) is 11.9. The minimum Gasteiger partial charge on any atom is -0.493 e. The van der Waals surface area contributed by atoms with E-state index in [0.717, 1.165) is 43.1 Å². The number of aliphatic hydroxyl groups is 1. The van der Waals surface area contributed by atoms with Crippen molar-refractivity contribution in [3.8, 4) is 16.3 Å². The molecule has 0 bridgehead atoms. The number of aliphatic hydroxyl groups excluding tert-OH is 1. The van der Waals surface area contributed by atoms with E-state index in [1.165, 1.54) is 17.7 Å². The van der Waals surface area contributed by atoms with Crippen LogP contribution in [0.15, 0.2) is 42.0 Å². The summed E-state index contributed by atoms with van der Waals surface area (Å²) in [6, 6.07) is 3.88. The quantitative estimate of drug-likeness (QED) is 0.445. The molecular formula is C24H30F3N3O2S. The van der Waals surface area contributed by atoms with Gasteiger partial charge in [0.05, 0.1) is 24.3 Å². The van der Waals surface area contributed by atoms with E-state index in [1.807, 2.05) is 0 Å². The van der Waals surface area contributed by atoms with Gasteiger partial charge in [-0.05, 0) is 56.7 Å². The number of nitrogens with zero attached hydrogens (tertiary/aromatic N) is 2. The van der Waals surface area contributed by atoms with E-state index >= 15 is 0 Å². The maximum atomic E-state index is 13.7. The second-order valence-electron chi connectivity index (χ2n) is 8.57. The Labute approximate surface area is 196 Å². The van der Waals surface area contributed by atoms with Crippen LogP contribution in [-0.2, 0) is 11.7 Å². The van der Waals surface area contributed by atoms with Gasteiger partial charge in [0.2, 0.25) is 0 Å². The molecule has 1 aromatic carbocycles. The predicted molar refractivity (Wildman–Crippen MR) is 124 cm³/mol. The number of alkyl halides is 3. The second kappa shape index (κ2) is 10.8. The zero-order valence-corrected chi connectivity index (χ0v) is 19.7. The molecule has 0 amide bonds. The predicted octanol–water partition coefficient (Wildman–Crippen LogP) is 5.85. The van der Waals surface area contributed by atoms with Crippen molar-refractivity contribution in [3.05, 3.63) is 52.6 Å². The lowest BCUT2D eigenvalue weighted by Gasteiger charge is -2.18. The lowest BCUT2D eigenvalue weighted by atomic mass is 9.92. The second-order valence-corrected chi connectivity index (χ2v) is 9.55. The molecule has 2 aromatic rings. The summed E-state index contributed by atoms with van der Waals surface area (Å²) in [5.74, 6) is 0.0647. The Bertz CT molecular complexity index is 999. The Kier molecular flexibility index (Phi) is 8.31. The van der Waals surface area contributed by atoms with Gasteiger partial charge in [-0.1, -0.05) is 48.5 Å². The highest BCUT2D eigenvalue weighted by Gasteiger charge is 2.35. The highest BCUT2D eigenvalue weighted by molar-refractivity contribution is 7.14. The Morgan fingerprint density at radius 2 is 2.06 bits per heavy atom. The molecule has 1 aliphatic carbocycles. The standard InChI is InChI=1S/C24H30F3N3O2S/c1-3-4-5-16-6-8-17(9-7-16)12-13-32-20-11-10-18(14-19(20)24(25,26)27)21-29-30-22(33-21)23(2,28)15-31/h6-8,10-11,14,17,31H,3-5,9,12-13,15,28H2,1-2H3/t17?,23-/m0/s1. The number of benzene rings is 1. The molecule has 0 saturated carbocycles. The van der Waals surface area contributed by atoms with Crippen LogP contribution in [0.3, 0.4) is 0 Å². The van der Waals surface area contributed by atoms with Crippen molar-refractivity contribution in [2.24, 2.45) is 11.7 Å². The summed E-state index contributed by atoms with van der Waals surface area (Å²) < 4.78 is 46.8. The van der Waals surface area contributed by atoms with Crippen LogP contribution < -0.4 is 10.5 Å². The van der Waals surface area contributed by atoms with Crippen LogP contribution in [-0.4, -0.2) is 28.5 Å². The van der Waals surface area contributed by atoms with E-state index in [2.05, 4.69) is 35.3 Å². The molecule has 1 unspecified atom stereocenters. The molecule has 33 heavy (non-hydrogen) atoms. The first-order valence-electron chi connectivity index (χ1n) is 11.1. The number of hydrogen-bond donors (Lipinski definition) is 2. The maximum Gasteiger partial charge on any atom is 0.419 e. The number of rotatable bonds is 10. The molecule has 0 aliphatic heterocycles. The van der Waals surface area contributed by atoms with Gasteiger partial charge >= 0.3 is 6.18 Å². The summed E-state index contributed by atoms with van der Waals surface area (Å²) in [6.45, 7) is 3.58. The van der Waals surface area contributed by atoms with Crippen LogP contribution in [0.4, 0.5) is 13.2 Å². The molecule has 0 saturated heterocycles. The molecule has 2 atom stereocenters. The summed E-state index contributed by atoms with van der Waals surface area (Å²) >= 11 is 1.06. The van der Waals surface area contributed by atoms with Crippen molar-refractivity contribution in [3.63, 3.8) is 0 Å². The van der Waals surface area contributed by atoms with Gasteiger partial charge in [0.15, 0.2) is 0 Å². The van der Waals surface area contributed by atoms with Crippen molar-refractivity contribution >= 4 is 11.3 Å². The van der Waals surface area contributed by atoms with Gasteiger partial charge < -0.3 is 15.6 Å². The van der Waals surface area contributed by atoms with E-state index in [9.17, 15) is 18.3 Å². The molecule has 1 aliphatic rings. The molecule has 0 spiro atoms. The highest BCUT2D eigenvalue weighted by atomic mass is 32.1. The minimum atomic E-state index is -4.58. The summed E-state index contributed by atoms with van der Waals surface area (Å²) in [6.07, 6.45) is 6.80. The van der Waals surface area contributed by atoms with Crippen molar-refractivity contribution < 1.29 is 23.0 Å². The molecule has 1 aromatic heterocycles. The molecule has 0 fully saturated rings. The summed E-state index contributed by atoms with van der Waals surface area (Å²) in [5.41, 5.74) is 5.59. The van der Waals surface area contributed by atoms with Crippen LogP contribution >= 0.6 is 11.3 Å². The molecule has 1 heterocycles. The maximum absolute atomic E-state index is 13.7. The number of ether oxygens (including phenoxy) is 1. The van der Waals surface area contributed by atoms with Gasteiger partial charge in [-0.2, -0.15) is 13.2 Å². The summed E-state index contributed by atoms with van der Waals surface area (Å²) in [4.78, 5) is 0. The lowest BCUT2D eigenvalue weighted by Crippen LogP contribution is -2.36. The van der Waals surface area contributed by atoms with E-state index in [4.69, 9.17) is 10.5 Å². The Hall–Kier alpha value is -2.23. The summed E-state index contributed by atoms with van der Waals surface area (Å²) in [7, 11) is 0.